The first-order chi connectivity index (χ1) is 23.8. The van der Waals surface area contributed by atoms with Crippen molar-refractivity contribution >= 4 is 47.0 Å². The van der Waals surface area contributed by atoms with Crippen molar-refractivity contribution < 1.29 is 0 Å². The molecule has 7 rings (SSSR count). The molecule has 1 aliphatic rings. The highest BCUT2D eigenvalue weighted by Crippen LogP contribution is 2.29. The molecule has 0 nitrogen and oxygen atoms in total. The maximum Gasteiger partial charge on any atom is 0.0204 e. The normalized spacial score (nSPS) is 22.2. The molecule has 1 heterocycles. The summed E-state index contributed by atoms with van der Waals surface area (Å²) in [6.45, 7) is 0. The van der Waals surface area contributed by atoms with Gasteiger partial charge in [0.1, 0.15) is 0 Å². The van der Waals surface area contributed by atoms with Gasteiger partial charge in [-0.1, -0.05) is 215 Å². The van der Waals surface area contributed by atoms with Gasteiger partial charge in [-0.05, 0) is 36.3 Å². The van der Waals surface area contributed by atoms with Crippen LogP contribution >= 0.6 is 0 Å². The Morgan fingerprint density at radius 1 is 0.188 bits per heavy atom. The van der Waals surface area contributed by atoms with E-state index in [4.69, 9.17) is 0 Å². The maximum absolute atomic E-state index is 2.49. The molecular formula is C42H48Si6. The van der Waals surface area contributed by atoms with Gasteiger partial charge < -0.3 is 0 Å². The number of hydrogen-bond donors (Lipinski definition) is 0. The molecule has 0 aliphatic carbocycles. The van der Waals surface area contributed by atoms with Crippen LogP contribution in [-0.4, -0.2) is 47.0 Å². The van der Waals surface area contributed by atoms with Gasteiger partial charge in [-0.2, -0.15) is 0 Å². The highest BCUT2D eigenvalue weighted by atomic mass is 30.1. The van der Waals surface area contributed by atoms with E-state index in [2.05, 4.69) is 182 Å². The fourth-order valence-electron chi connectivity index (χ4n) is 9.04. The summed E-state index contributed by atoms with van der Waals surface area (Å²) in [5, 5.41) is 0. The van der Waals surface area contributed by atoms with Gasteiger partial charge in [0.2, 0.25) is 0 Å². The van der Waals surface area contributed by atoms with E-state index < -0.39 is 47.0 Å². The van der Waals surface area contributed by atoms with Gasteiger partial charge in [0.05, 0.1) is 0 Å². The molecule has 6 aromatic rings. The van der Waals surface area contributed by atoms with Crippen LogP contribution in [0, 0.1) is 0 Å². The van der Waals surface area contributed by atoms with Crippen LogP contribution in [0.2, 0.25) is 0 Å². The van der Waals surface area contributed by atoms with Gasteiger partial charge in [0.25, 0.3) is 0 Å². The Balaban J connectivity index is 1.41. The third kappa shape index (κ3) is 8.61. The molecule has 1 fully saturated rings. The van der Waals surface area contributed by atoms with Crippen molar-refractivity contribution in [3.63, 3.8) is 0 Å². The molecule has 0 unspecified atom stereocenters. The average molecular weight is 721 g/mol. The van der Waals surface area contributed by atoms with Crippen molar-refractivity contribution in [2.24, 2.45) is 0 Å². The molecule has 6 aromatic carbocycles. The van der Waals surface area contributed by atoms with E-state index in [0.29, 0.717) is 0 Å². The van der Waals surface area contributed by atoms with Crippen molar-refractivity contribution in [2.75, 3.05) is 0 Å². The minimum absolute atomic E-state index is 1.03. The van der Waals surface area contributed by atoms with E-state index in [1.165, 1.54) is 36.3 Å². The van der Waals surface area contributed by atoms with Crippen LogP contribution in [0.4, 0.5) is 0 Å². The predicted molar refractivity (Wildman–Crippen MR) is 224 cm³/mol. The Morgan fingerprint density at radius 2 is 0.312 bits per heavy atom. The minimum atomic E-state index is -1.03. The number of benzene rings is 6. The largest absolute Gasteiger partial charge is 0.0622 e. The molecule has 0 bridgehead atoms. The fraction of sp³-hybridized carbons (Fsp3) is 0.143. The zero-order chi connectivity index (χ0) is 32.4. The molecule has 48 heavy (non-hydrogen) atoms. The molecule has 1 aliphatic heterocycles. The zero-order valence-electron chi connectivity index (χ0n) is 28.0. The van der Waals surface area contributed by atoms with E-state index in [1.807, 2.05) is 0 Å². The van der Waals surface area contributed by atoms with Crippen molar-refractivity contribution in [2.45, 2.75) is 36.3 Å². The monoisotopic (exact) mass is 720 g/mol. The first-order valence-electron chi connectivity index (χ1n) is 18.0. The highest BCUT2D eigenvalue weighted by Gasteiger charge is 2.53. The fourth-order valence-corrected chi connectivity index (χ4v) is 237. The van der Waals surface area contributed by atoms with Crippen molar-refractivity contribution in [1.29, 1.82) is 0 Å². The molecule has 0 aromatic heterocycles. The second kappa shape index (κ2) is 16.8. The SMILES string of the molecule is c1ccc(C[SiH]2[SiH](Cc3ccccc3)[SiH](Cc3ccccc3)[SiH](Cc3ccccc3)[SiH](Cc3ccccc3)[SiH]2Cc2ccccc2)cc1. The van der Waals surface area contributed by atoms with Crippen LogP contribution in [-0.2, 0) is 36.3 Å². The average Bonchev–Trinajstić information content (AvgIpc) is 3.15. The lowest BCUT2D eigenvalue weighted by Gasteiger charge is -2.50. The molecule has 0 saturated carbocycles. The Hall–Kier alpha value is -3.38. The summed E-state index contributed by atoms with van der Waals surface area (Å²) in [4.78, 5) is 0. The molecule has 0 atom stereocenters. The van der Waals surface area contributed by atoms with Gasteiger partial charge in [0.15, 0.2) is 0 Å². The predicted octanol–water partition coefficient (Wildman–Crippen LogP) is 6.52. The van der Waals surface area contributed by atoms with E-state index in [-0.39, 0.29) is 0 Å². The summed E-state index contributed by atoms with van der Waals surface area (Å²) >= 11 is 0. The second-order valence-corrected chi connectivity index (χ2v) is 69.2. The van der Waals surface area contributed by atoms with E-state index in [1.54, 1.807) is 33.4 Å². The quantitative estimate of drug-likeness (QED) is 0.126. The molecule has 0 spiro atoms. The van der Waals surface area contributed by atoms with Gasteiger partial charge in [-0.3, -0.25) is 0 Å². The van der Waals surface area contributed by atoms with E-state index >= 15 is 0 Å². The lowest BCUT2D eigenvalue weighted by Crippen LogP contribution is -2.81. The Kier molecular flexibility index (Phi) is 11.6. The van der Waals surface area contributed by atoms with Crippen LogP contribution in [0.25, 0.3) is 0 Å². The second-order valence-electron chi connectivity index (χ2n) is 14.1. The third-order valence-electron chi connectivity index (χ3n) is 11.2. The lowest BCUT2D eigenvalue weighted by atomic mass is 10.2. The standard InChI is InChI=1S/C42H48Si6/c1-7-19-37(20-8-1)31-43-44(32-38-21-9-2-10-22-38)46(34-40-25-13-4-14-26-40)48(36-42-29-17-6-18-30-42)47(35-41-27-15-5-16-28-41)45(43)33-39-23-11-3-12-24-39/h1-30,43-48H,31-36H2. The molecule has 0 radical (unpaired) electrons. The lowest BCUT2D eigenvalue weighted by molar-refractivity contribution is 1.32. The highest BCUT2D eigenvalue weighted by molar-refractivity contribution is 7.95. The van der Waals surface area contributed by atoms with Crippen LogP contribution < -0.4 is 0 Å². The molecule has 0 N–H and O–H groups in total. The summed E-state index contributed by atoms with van der Waals surface area (Å²) in [6.07, 6.45) is 0. The summed E-state index contributed by atoms with van der Waals surface area (Å²) in [5.41, 5.74) is 9.96. The molecule has 240 valence electrons. The molecule has 1 saturated heterocycles. The molecule has 6 heteroatoms. The van der Waals surface area contributed by atoms with Gasteiger partial charge >= 0.3 is 0 Å². The number of rotatable bonds is 12. The van der Waals surface area contributed by atoms with Crippen molar-refractivity contribution in [3.8, 4) is 0 Å². The van der Waals surface area contributed by atoms with Crippen molar-refractivity contribution in [1.82, 2.24) is 0 Å². The minimum Gasteiger partial charge on any atom is -0.0622 e. The molecule has 0 amide bonds. The smallest absolute Gasteiger partial charge is 0.0204 e. The van der Waals surface area contributed by atoms with Crippen LogP contribution in [0.3, 0.4) is 0 Å². The summed E-state index contributed by atoms with van der Waals surface area (Å²) in [7, 11) is -6.18. The maximum atomic E-state index is 2.49. The Morgan fingerprint density at radius 3 is 0.438 bits per heavy atom. The first-order valence-corrected chi connectivity index (χ1v) is 38.9. The van der Waals surface area contributed by atoms with Gasteiger partial charge in [0, 0.05) is 47.0 Å². The first kappa shape index (κ1) is 33.1. The summed E-state index contributed by atoms with van der Waals surface area (Å²) < 4.78 is 0. The van der Waals surface area contributed by atoms with Crippen LogP contribution in [0.5, 0.6) is 0 Å². The van der Waals surface area contributed by atoms with Crippen LogP contribution in [0.15, 0.2) is 182 Å². The third-order valence-corrected chi connectivity index (χ3v) is 129. The van der Waals surface area contributed by atoms with Crippen molar-refractivity contribution in [3.05, 3.63) is 215 Å². The topological polar surface area (TPSA) is 0 Å². The number of hydrogen-bond acceptors (Lipinski definition) is 0. The van der Waals surface area contributed by atoms with Crippen LogP contribution in [0.1, 0.15) is 33.4 Å². The summed E-state index contributed by atoms with van der Waals surface area (Å²) in [5.74, 6) is 0. The van der Waals surface area contributed by atoms with E-state index in [0.717, 1.165) is 0 Å². The Bertz CT molecular complexity index is 1430. The Labute approximate surface area is 296 Å². The molecular weight excluding hydrogens is 673 g/mol. The summed E-state index contributed by atoms with van der Waals surface area (Å²) in [6, 6.07) is 79.9. The van der Waals surface area contributed by atoms with E-state index in [9.17, 15) is 0 Å². The van der Waals surface area contributed by atoms with Gasteiger partial charge in [-0.25, -0.2) is 0 Å². The zero-order valence-corrected chi connectivity index (χ0v) is 35.0. The van der Waals surface area contributed by atoms with Gasteiger partial charge in [-0.15, -0.1) is 0 Å².